The molecular weight excluding hydrogens is 267 g/mol. The Morgan fingerprint density at radius 3 is 2.53 bits per heavy atom. The molecule has 0 atom stereocenters. The van der Waals surface area contributed by atoms with E-state index in [0.717, 1.165) is 5.69 Å². The van der Waals surface area contributed by atoms with Gasteiger partial charge in [0, 0.05) is 28.4 Å². The molecule has 1 amide bonds. The van der Waals surface area contributed by atoms with Crippen molar-refractivity contribution >= 4 is 23.2 Å². The summed E-state index contributed by atoms with van der Waals surface area (Å²) in [4.78, 5) is 11.0. The Kier molecular flexibility index (Phi) is 4.02. The first-order valence-corrected chi connectivity index (χ1v) is 6.02. The van der Waals surface area contributed by atoms with Gasteiger partial charge >= 0.3 is 0 Å². The average molecular weight is 279 g/mol. The smallest absolute Gasteiger partial charge is 0.248 e. The van der Waals surface area contributed by atoms with Crippen molar-refractivity contribution in [2.45, 2.75) is 6.54 Å². The lowest BCUT2D eigenvalue weighted by molar-refractivity contribution is 0.1000. The Morgan fingerprint density at radius 2 is 1.89 bits per heavy atom. The van der Waals surface area contributed by atoms with E-state index in [2.05, 4.69) is 5.32 Å². The van der Waals surface area contributed by atoms with Crippen molar-refractivity contribution < 1.29 is 9.18 Å². The molecule has 98 valence electrons. The summed E-state index contributed by atoms with van der Waals surface area (Å²) in [7, 11) is 0. The van der Waals surface area contributed by atoms with E-state index >= 15 is 0 Å². The maximum atomic E-state index is 13.6. The van der Waals surface area contributed by atoms with Crippen LogP contribution in [0.2, 0.25) is 5.02 Å². The molecule has 0 spiro atoms. The molecule has 0 unspecified atom stereocenters. The summed E-state index contributed by atoms with van der Waals surface area (Å²) >= 11 is 5.77. The molecule has 3 N–H and O–H groups in total. The van der Waals surface area contributed by atoms with E-state index < -0.39 is 5.91 Å². The van der Waals surface area contributed by atoms with E-state index in [-0.39, 0.29) is 17.9 Å². The Balaban J connectivity index is 2.12. The van der Waals surface area contributed by atoms with E-state index in [4.69, 9.17) is 17.3 Å². The number of hydrogen-bond donors (Lipinski definition) is 2. The molecule has 0 bridgehead atoms. The fraction of sp³-hybridized carbons (Fsp3) is 0.0714. The number of rotatable bonds is 4. The van der Waals surface area contributed by atoms with Crippen molar-refractivity contribution in [2.24, 2.45) is 5.73 Å². The number of anilines is 1. The first kappa shape index (κ1) is 13.4. The minimum atomic E-state index is -0.576. The lowest BCUT2D eigenvalue weighted by Gasteiger charge is -2.08. The normalized spacial score (nSPS) is 10.2. The van der Waals surface area contributed by atoms with Gasteiger partial charge in [0.2, 0.25) is 5.91 Å². The lowest BCUT2D eigenvalue weighted by Crippen LogP contribution is -2.12. The number of carbonyl (C=O) groups is 1. The maximum absolute atomic E-state index is 13.6. The first-order chi connectivity index (χ1) is 9.06. The van der Waals surface area contributed by atoms with E-state index in [0.29, 0.717) is 10.6 Å². The molecule has 3 nitrogen and oxygen atoms in total. The summed E-state index contributed by atoms with van der Waals surface area (Å²) in [6.45, 7) is 0.259. The monoisotopic (exact) mass is 278 g/mol. The molecule has 0 aromatic heterocycles. The molecule has 0 aliphatic heterocycles. The van der Waals surface area contributed by atoms with Crippen molar-refractivity contribution in [3.8, 4) is 0 Å². The SMILES string of the molecule is NC(=O)c1ccc(F)c(CNc2ccc(Cl)cc2)c1. The molecule has 0 fully saturated rings. The quantitative estimate of drug-likeness (QED) is 0.902. The topological polar surface area (TPSA) is 55.1 Å². The molecular formula is C14H12ClFN2O. The average Bonchev–Trinajstić information content (AvgIpc) is 2.39. The van der Waals surface area contributed by atoms with Gasteiger partial charge in [-0.1, -0.05) is 11.6 Å². The van der Waals surface area contributed by atoms with Gasteiger partial charge in [0.05, 0.1) is 0 Å². The molecule has 19 heavy (non-hydrogen) atoms. The molecule has 5 heteroatoms. The highest BCUT2D eigenvalue weighted by Crippen LogP contribution is 2.16. The van der Waals surface area contributed by atoms with Crippen molar-refractivity contribution in [1.82, 2.24) is 0 Å². The van der Waals surface area contributed by atoms with Crippen LogP contribution in [0.4, 0.5) is 10.1 Å². The van der Waals surface area contributed by atoms with Crippen molar-refractivity contribution in [1.29, 1.82) is 0 Å². The number of primary amides is 1. The zero-order valence-electron chi connectivity index (χ0n) is 9.99. The van der Waals surface area contributed by atoms with Crippen LogP contribution in [0.1, 0.15) is 15.9 Å². The zero-order chi connectivity index (χ0) is 13.8. The van der Waals surface area contributed by atoms with Crippen LogP contribution >= 0.6 is 11.6 Å². The van der Waals surface area contributed by atoms with Gasteiger partial charge in [0.15, 0.2) is 0 Å². The molecule has 0 aliphatic carbocycles. The van der Waals surface area contributed by atoms with Crippen molar-refractivity contribution in [2.75, 3.05) is 5.32 Å². The van der Waals surface area contributed by atoms with Gasteiger partial charge in [-0.05, 0) is 42.5 Å². The van der Waals surface area contributed by atoms with Crippen molar-refractivity contribution in [3.05, 3.63) is 64.4 Å². The molecule has 2 aromatic carbocycles. The molecule has 2 aromatic rings. The second-order valence-electron chi connectivity index (χ2n) is 4.03. The standard InChI is InChI=1S/C14H12ClFN2O/c15-11-2-4-12(5-3-11)18-8-10-7-9(14(17)19)1-6-13(10)16/h1-7,18H,8H2,(H2,17,19). The molecule has 0 aliphatic rings. The Hall–Kier alpha value is -2.07. The highest BCUT2D eigenvalue weighted by molar-refractivity contribution is 6.30. The van der Waals surface area contributed by atoms with Crippen LogP contribution in [0.15, 0.2) is 42.5 Å². The van der Waals surface area contributed by atoms with Crippen molar-refractivity contribution in [3.63, 3.8) is 0 Å². The van der Waals surface area contributed by atoms with Gasteiger partial charge in [-0.3, -0.25) is 4.79 Å². The maximum Gasteiger partial charge on any atom is 0.248 e. The zero-order valence-corrected chi connectivity index (χ0v) is 10.7. The summed E-state index contributed by atoms with van der Waals surface area (Å²) in [6.07, 6.45) is 0. The number of halogens is 2. The Labute approximate surface area is 115 Å². The van der Waals surface area contributed by atoms with Gasteiger partial charge in [-0.2, -0.15) is 0 Å². The van der Waals surface area contributed by atoms with Crippen LogP contribution in [0.3, 0.4) is 0 Å². The third-order valence-electron chi connectivity index (χ3n) is 2.66. The molecule has 0 saturated carbocycles. The summed E-state index contributed by atoms with van der Waals surface area (Å²) < 4.78 is 13.6. The largest absolute Gasteiger partial charge is 0.381 e. The Morgan fingerprint density at radius 1 is 1.21 bits per heavy atom. The molecule has 2 rings (SSSR count). The number of carbonyl (C=O) groups excluding carboxylic acids is 1. The lowest BCUT2D eigenvalue weighted by atomic mass is 10.1. The minimum absolute atomic E-state index is 0.259. The van der Waals surface area contributed by atoms with Gasteiger partial charge < -0.3 is 11.1 Å². The van der Waals surface area contributed by atoms with Crippen LogP contribution in [0.25, 0.3) is 0 Å². The summed E-state index contributed by atoms with van der Waals surface area (Å²) in [5.74, 6) is -0.959. The third-order valence-corrected chi connectivity index (χ3v) is 2.91. The summed E-state index contributed by atoms with van der Waals surface area (Å²) in [6, 6.07) is 11.1. The van der Waals surface area contributed by atoms with Crippen LogP contribution in [0, 0.1) is 5.82 Å². The Bertz CT molecular complexity index is 599. The highest BCUT2D eigenvalue weighted by Gasteiger charge is 2.07. The fourth-order valence-electron chi connectivity index (χ4n) is 1.63. The minimum Gasteiger partial charge on any atom is -0.381 e. The number of hydrogen-bond acceptors (Lipinski definition) is 2. The number of benzene rings is 2. The predicted octanol–water partition coefficient (Wildman–Crippen LogP) is 3.19. The van der Waals surface area contributed by atoms with Crippen LogP contribution < -0.4 is 11.1 Å². The van der Waals surface area contributed by atoms with Gasteiger partial charge in [0.1, 0.15) is 5.82 Å². The second-order valence-corrected chi connectivity index (χ2v) is 4.47. The van der Waals surface area contributed by atoms with Crippen LogP contribution in [0.5, 0.6) is 0 Å². The molecule has 0 heterocycles. The van der Waals surface area contributed by atoms with Gasteiger partial charge in [-0.25, -0.2) is 4.39 Å². The molecule has 0 saturated heterocycles. The molecule has 0 radical (unpaired) electrons. The van der Waals surface area contributed by atoms with E-state index in [1.165, 1.54) is 18.2 Å². The second kappa shape index (κ2) is 5.71. The van der Waals surface area contributed by atoms with Crippen LogP contribution in [-0.4, -0.2) is 5.91 Å². The summed E-state index contributed by atoms with van der Waals surface area (Å²) in [5.41, 5.74) is 6.64. The van der Waals surface area contributed by atoms with E-state index in [9.17, 15) is 9.18 Å². The third kappa shape index (κ3) is 3.45. The summed E-state index contributed by atoms with van der Waals surface area (Å²) in [5, 5.41) is 3.68. The highest BCUT2D eigenvalue weighted by atomic mass is 35.5. The number of nitrogens with one attached hydrogen (secondary N) is 1. The van der Waals surface area contributed by atoms with Gasteiger partial charge in [-0.15, -0.1) is 0 Å². The number of amides is 1. The van der Waals surface area contributed by atoms with Gasteiger partial charge in [0.25, 0.3) is 0 Å². The van der Waals surface area contributed by atoms with E-state index in [1.54, 1.807) is 24.3 Å². The van der Waals surface area contributed by atoms with E-state index in [1.807, 2.05) is 0 Å². The first-order valence-electron chi connectivity index (χ1n) is 5.64. The van der Waals surface area contributed by atoms with Crippen LogP contribution in [-0.2, 0) is 6.54 Å². The predicted molar refractivity (Wildman–Crippen MR) is 73.7 cm³/mol. The fourth-order valence-corrected chi connectivity index (χ4v) is 1.75. The number of nitrogens with two attached hydrogens (primary N) is 1.